The summed E-state index contributed by atoms with van der Waals surface area (Å²) in [5, 5.41) is 5.43. The van der Waals surface area contributed by atoms with Gasteiger partial charge in [0.25, 0.3) is 15.9 Å². The molecule has 35 heavy (non-hydrogen) atoms. The summed E-state index contributed by atoms with van der Waals surface area (Å²) in [5.74, 6) is -0.605. The second-order valence-electron chi connectivity index (χ2n) is 9.18. The van der Waals surface area contributed by atoms with Gasteiger partial charge in [-0.25, -0.2) is 17.9 Å². The standard InChI is InChI=1S/C24H31N5O5S/c1-15(30)25-10-11-28(2)23(31)21-13-18(14-29(21)3)35(33,34)27-24(32)26-22-19-8-4-6-16(19)12-17-7-5-9-20(17)22/h12-14H,4-11H2,1-3H3,(H,25,30)(H2,26,27,32). The maximum atomic E-state index is 12.9. The van der Waals surface area contributed by atoms with E-state index in [1.807, 2.05) is 0 Å². The number of nitrogens with one attached hydrogen (secondary N) is 3. The van der Waals surface area contributed by atoms with E-state index in [4.69, 9.17) is 0 Å². The maximum absolute atomic E-state index is 12.9. The van der Waals surface area contributed by atoms with Gasteiger partial charge in [0.05, 0.1) is 0 Å². The van der Waals surface area contributed by atoms with Crippen molar-refractivity contribution in [2.45, 2.75) is 50.3 Å². The molecule has 0 saturated carbocycles. The molecule has 0 saturated heterocycles. The zero-order chi connectivity index (χ0) is 25.3. The molecule has 0 bridgehead atoms. The van der Waals surface area contributed by atoms with Crippen LogP contribution < -0.4 is 15.4 Å². The highest BCUT2D eigenvalue weighted by Crippen LogP contribution is 2.38. The smallest absolute Gasteiger partial charge is 0.333 e. The molecule has 1 aromatic carbocycles. The maximum Gasteiger partial charge on any atom is 0.333 e. The third kappa shape index (κ3) is 5.19. The zero-order valence-electron chi connectivity index (χ0n) is 20.2. The Bertz CT molecular complexity index is 1270. The number of fused-ring (bicyclic) bond motifs is 2. The highest BCUT2D eigenvalue weighted by atomic mass is 32.2. The van der Waals surface area contributed by atoms with Gasteiger partial charge in [-0.05, 0) is 66.8 Å². The van der Waals surface area contributed by atoms with Crippen LogP contribution in [-0.2, 0) is 47.5 Å². The number of hydrogen-bond acceptors (Lipinski definition) is 5. The minimum atomic E-state index is -4.21. The molecule has 0 unspecified atom stereocenters. The largest absolute Gasteiger partial charge is 0.355 e. The van der Waals surface area contributed by atoms with Gasteiger partial charge < -0.3 is 20.1 Å². The van der Waals surface area contributed by atoms with Gasteiger partial charge in [-0.15, -0.1) is 0 Å². The van der Waals surface area contributed by atoms with Crippen LogP contribution in [0.4, 0.5) is 10.5 Å². The van der Waals surface area contributed by atoms with Crippen LogP contribution in [0.3, 0.4) is 0 Å². The first-order valence-electron chi connectivity index (χ1n) is 11.7. The van der Waals surface area contributed by atoms with Crippen LogP contribution in [0, 0.1) is 0 Å². The van der Waals surface area contributed by atoms with Crippen LogP contribution in [0.5, 0.6) is 0 Å². The number of aryl methyl sites for hydroxylation is 3. The number of anilines is 1. The molecule has 10 nitrogen and oxygen atoms in total. The number of carbonyl (C=O) groups is 3. The van der Waals surface area contributed by atoms with Crippen molar-refractivity contribution in [1.82, 2.24) is 19.5 Å². The van der Waals surface area contributed by atoms with Crippen molar-refractivity contribution < 1.29 is 22.8 Å². The van der Waals surface area contributed by atoms with Crippen LogP contribution in [0.1, 0.15) is 52.5 Å². The number of aromatic nitrogens is 1. The molecule has 1 aromatic heterocycles. The number of nitrogens with zero attached hydrogens (tertiary/aromatic N) is 2. The first-order valence-corrected chi connectivity index (χ1v) is 13.2. The van der Waals surface area contributed by atoms with Crippen molar-refractivity contribution in [2.75, 3.05) is 25.5 Å². The molecular weight excluding hydrogens is 470 g/mol. The van der Waals surface area contributed by atoms with Crippen LogP contribution >= 0.6 is 0 Å². The Balaban J connectivity index is 1.47. The number of carbonyl (C=O) groups excluding carboxylic acids is 3. The topological polar surface area (TPSA) is 130 Å². The Labute approximate surface area is 205 Å². The molecule has 1 heterocycles. The second kappa shape index (κ2) is 9.73. The fraction of sp³-hybridized carbons (Fsp3) is 0.458. The second-order valence-corrected chi connectivity index (χ2v) is 10.9. The number of hydrogen-bond donors (Lipinski definition) is 3. The summed E-state index contributed by atoms with van der Waals surface area (Å²) in [5.41, 5.74) is 5.58. The van der Waals surface area contributed by atoms with Gasteiger partial charge in [0.2, 0.25) is 5.91 Å². The monoisotopic (exact) mass is 501 g/mol. The molecule has 188 valence electrons. The summed E-state index contributed by atoms with van der Waals surface area (Å²) >= 11 is 0. The molecular formula is C24H31N5O5S. The number of rotatable bonds is 7. The Kier molecular flexibility index (Phi) is 6.88. The minimum Gasteiger partial charge on any atom is -0.355 e. The fourth-order valence-electron chi connectivity index (χ4n) is 4.88. The Hall–Kier alpha value is -3.34. The molecule has 4 amide bonds. The summed E-state index contributed by atoms with van der Waals surface area (Å²) in [6.45, 7) is 1.93. The molecule has 0 aliphatic heterocycles. The van der Waals surface area contributed by atoms with Gasteiger partial charge in [-0.2, -0.15) is 0 Å². The average molecular weight is 502 g/mol. The Morgan fingerprint density at radius 2 is 1.66 bits per heavy atom. The van der Waals surface area contributed by atoms with E-state index >= 15 is 0 Å². The number of likely N-dealkylation sites (N-methyl/N-ethyl adjacent to an activating group) is 1. The quantitative estimate of drug-likeness (QED) is 0.532. The highest BCUT2D eigenvalue weighted by Gasteiger charge is 2.27. The van der Waals surface area contributed by atoms with Crippen molar-refractivity contribution in [3.05, 3.63) is 46.3 Å². The summed E-state index contributed by atoms with van der Waals surface area (Å²) in [6, 6.07) is 2.66. The minimum absolute atomic E-state index is 0.148. The van der Waals surface area contributed by atoms with Crippen molar-refractivity contribution in [3.8, 4) is 0 Å². The van der Waals surface area contributed by atoms with E-state index < -0.39 is 22.0 Å². The average Bonchev–Trinajstić information content (AvgIpc) is 3.51. The van der Waals surface area contributed by atoms with Crippen molar-refractivity contribution >= 4 is 33.6 Å². The van der Waals surface area contributed by atoms with Crippen LogP contribution in [0.25, 0.3) is 0 Å². The van der Waals surface area contributed by atoms with Crippen LogP contribution in [0.2, 0.25) is 0 Å². The number of sulfonamides is 1. The Morgan fingerprint density at radius 3 is 2.26 bits per heavy atom. The molecule has 11 heteroatoms. The molecule has 3 N–H and O–H groups in total. The van der Waals surface area contributed by atoms with Gasteiger partial charge in [0, 0.05) is 46.0 Å². The Morgan fingerprint density at radius 1 is 1.03 bits per heavy atom. The van der Waals surface area contributed by atoms with E-state index in [-0.39, 0.29) is 29.6 Å². The van der Waals surface area contributed by atoms with Gasteiger partial charge in [-0.3, -0.25) is 9.59 Å². The molecule has 2 aromatic rings. The summed E-state index contributed by atoms with van der Waals surface area (Å²) in [4.78, 5) is 37.8. The predicted octanol–water partition coefficient (Wildman–Crippen LogP) is 1.72. The van der Waals surface area contributed by atoms with Crippen molar-refractivity contribution in [3.63, 3.8) is 0 Å². The molecule has 0 radical (unpaired) electrons. The first kappa shape index (κ1) is 24.8. The van der Waals surface area contributed by atoms with Gasteiger partial charge in [0.15, 0.2) is 0 Å². The molecule has 0 fully saturated rings. The lowest BCUT2D eigenvalue weighted by molar-refractivity contribution is -0.119. The third-order valence-electron chi connectivity index (χ3n) is 6.62. The molecule has 4 rings (SSSR count). The van der Waals surface area contributed by atoms with E-state index in [0.29, 0.717) is 0 Å². The van der Waals surface area contributed by atoms with Crippen LogP contribution in [-0.4, -0.2) is 55.9 Å². The lowest BCUT2D eigenvalue weighted by Gasteiger charge is -2.17. The predicted molar refractivity (Wildman–Crippen MR) is 131 cm³/mol. The first-order chi connectivity index (χ1) is 16.6. The van der Waals surface area contributed by atoms with E-state index in [9.17, 15) is 22.8 Å². The van der Waals surface area contributed by atoms with Gasteiger partial charge in [-0.1, -0.05) is 6.07 Å². The van der Waals surface area contributed by atoms with Crippen molar-refractivity contribution in [2.24, 2.45) is 7.05 Å². The van der Waals surface area contributed by atoms with E-state index in [2.05, 4.69) is 21.4 Å². The fourth-order valence-corrected chi connectivity index (χ4v) is 5.85. The number of amides is 4. The molecule has 2 aliphatic carbocycles. The normalized spacial score (nSPS) is 14.3. The summed E-state index contributed by atoms with van der Waals surface area (Å²) in [7, 11) is -1.08. The molecule has 0 spiro atoms. The number of urea groups is 1. The summed E-state index contributed by atoms with van der Waals surface area (Å²) in [6.07, 6.45) is 7.01. The van der Waals surface area contributed by atoms with Gasteiger partial charge in [0.1, 0.15) is 10.6 Å². The zero-order valence-corrected chi connectivity index (χ0v) is 21.0. The van der Waals surface area contributed by atoms with Crippen LogP contribution in [0.15, 0.2) is 23.2 Å². The number of benzene rings is 1. The SMILES string of the molecule is CC(=O)NCCN(C)C(=O)c1cc(S(=O)(=O)NC(=O)Nc2c3c(cc4c2CCC4)CCC3)cn1C. The van der Waals surface area contributed by atoms with E-state index in [0.717, 1.165) is 55.3 Å². The lowest BCUT2D eigenvalue weighted by Crippen LogP contribution is -2.36. The third-order valence-corrected chi connectivity index (χ3v) is 7.91. The van der Waals surface area contributed by atoms with E-state index in [1.165, 1.54) is 39.8 Å². The molecule has 2 aliphatic rings. The van der Waals surface area contributed by atoms with Crippen molar-refractivity contribution in [1.29, 1.82) is 0 Å². The van der Waals surface area contributed by atoms with Gasteiger partial charge >= 0.3 is 6.03 Å². The summed E-state index contributed by atoms with van der Waals surface area (Å²) < 4.78 is 29.4. The highest BCUT2D eigenvalue weighted by molar-refractivity contribution is 7.90. The molecule has 0 atom stereocenters. The van der Waals surface area contributed by atoms with E-state index in [1.54, 1.807) is 14.1 Å². The lowest BCUT2D eigenvalue weighted by atomic mass is 9.99.